The fraction of sp³-hybridized carbons (Fsp3) is 0.152. The molecule has 0 amide bonds. The van der Waals surface area contributed by atoms with Crippen LogP contribution in [0.4, 0.5) is 5.69 Å². The molecule has 72 heavy (non-hydrogen) atoms. The van der Waals surface area contributed by atoms with Crippen molar-refractivity contribution < 1.29 is 0 Å². The first-order valence-electron chi connectivity index (χ1n) is 25.7. The van der Waals surface area contributed by atoms with Gasteiger partial charge < -0.3 is 19.9 Å². The van der Waals surface area contributed by atoms with Crippen LogP contribution in [0.1, 0.15) is 96.9 Å². The molecule has 346 valence electrons. The van der Waals surface area contributed by atoms with Crippen LogP contribution in [0.3, 0.4) is 0 Å². The highest BCUT2D eigenvalue weighted by molar-refractivity contribution is 6.16. The fourth-order valence-corrected chi connectivity index (χ4v) is 13.5. The van der Waals surface area contributed by atoms with Gasteiger partial charge in [0.1, 0.15) is 0 Å². The lowest BCUT2D eigenvalue weighted by Crippen LogP contribution is -2.24. The molecule has 0 saturated carbocycles. The maximum Gasteiger partial charge on any atom is 0.0645 e. The van der Waals surface area contributed by atoms with Gasteiger partial charge in [0.2, 0.25) is 0 Å². The number of anilines is 1. The van der Waals surface area contributed by atoms with Crippen LogP contribution < -0.4 is 5.73 Å². The lowest BCUT2D eigenvalue weighted by molar-refractivity contribution is 0.584. The molecule has 6 heteroatoms. The fourth-order valence-electron chi connectivity index (χ4n) is 13.5. The van der Waals surface area contributed by atoms with Crippen molar-refractivity contribution >= 4 is 71.9 Å². The molecule has 3 aliphatic rings. The third-order valence-corrected chi connectivity index (χ3v) is 17.3. The smallest absolute Gasteiger partial charge is 0.0645 e. The number of nitrogen functional groups attached to an aromatic ring is 1. The number of nitrogens with one attached hydrogen (secondary N) is 1. The van der Waals surface area contributed by atoms with Crippen molar-refractivity contribution in [3.8, 4) is 44.8 Å². The predicted octanol–water partition coefficient (Wildman–Crippen LogP) is 16.7. The van der Waals surface area contributed by atoms with E-state index in [1.807, 2.05) is 30.7 Å². The molecule has 7 aromatic carbocycles. The van der Waals surface area contributed by atoms with E-state index in [2.05, 4.69) is 188 Å². The number of fused-ring (bicyclic) bond motifs is 11. The van der Waals surface area contributed by atoms with Crippen LogP contribution in [-0.4, -0.2) is 24.1 Å². The number of H-pyrrole nitrogens is 1. The molecule has 0 saturated heterocycles. The van der Waals surface area contributed by atoms with Crippen LogP contribution in [-0.2, 0) is 6.42 Å². The summed E-state index contributed by atoms with van der Waals surface area (Å²) in [5.74, 6) is 0.993. The predicted molar refractivity (Wildman–Crippen MR) is 300 cm³/mol. The normalized spacial score (nSPS) is 18.0. The molecule has 0 bridgehead atoms. The van der Waals surface area contributed by atoms with Gasteiger partial charge in [0.15, 0.2) is 0 Å². The molecule has 12 aromatic rings. The maximum atomic E-state index is 6.51. The minimum absolute atomic E-state index is 0.199. The van der Waals surface area contributed by atoms with Crippen LogP contribution in [0.25, 0.3) is 111 Å². The van der Waals surface area contributed by atoms with Crippen LogP contribution in [0.5, 0.6) is 0 Å². The molecule has 5 heterocycles. The molecule has 15 rings (SSSR count). The number of nitrogens with zero attached hydrogens (tertiary/aromatic N) is 4. The lowest BCUT2D eigenvalue weighted by atomic mass is 9.62. The second-order valence-corrected chi connectivity index (χ2v) is 20.9. The van der Waals surface area contributed by atoms with Gasteiger partial charge in [0.05, 0.1) is 40.3 Å². The van der Waals surface area contributed by atoms with E-state index in [0.29, 0.717) is 11.8 Å². The summed E-state index contributed by atoms with van der Waals surface area (Å²) in [5, 5.41) is 6.47. The van der Waals surface area contributed by atoms with Gasteiger partial charge in [-0.25, -0.2) is 0 Å². The first-order chi connectivity index (χ1) is 35.3. The Labute approximate surface area is 418 Å². The topological polar surface area (TPSA) is 77.5 Å². The average molecular weight is 929 g/mol. The summed E-state index contributed by atoms with van der Waals surface area (Å²) in [6, 6.07) is 53.5. The number of hydrogen-bond acceptors (Lipinski definition) is 3. The molecule has 3 N–H and O–H groups in total. The summed E-state index contributed by atoms with van der Waals surface area (Å²) in [7, 11) is 0. The first-order valence-corrected chi connectivity index (χ1v) is 25.7. The van der Waals surface area contributed by atoms with Crippen LogP contribution >= 0.6 is 0 Å². The third kappa shape index (κ3) is 5.72. The molecule has 5 aromatic heterocycles. The number of benzene rings is 7. The van der Waals surface area contributed by atoms with Crippen molar-refractivity contribution in [2.45, 2.75) is 64.2 Å². The summed E-state index contributed by atoms with van der Waals surface area (Å²) < 4.78 is 5.12. The Morgan fingerprint density at radius 3 is 1.89 bits per heavy atom. The van der Waals surface area contributed by atoms with Gasteiger partial charge in [0.25, 0.3) is 0 Å². The van der Waals surface area contributed by atoms with Crippen LogP contribution in [0.2, 0.25) is 0 Å². The second-order valence-electron chi connectivity index (χ2n) is 20.9. The number of aromatic amines is 1. The van der Waals surface area contributed by atoms with E-state index in [4.69, 9.17) is 15.7 Å². The SMILES string of the molecule is CC1c2cc3c4c(n(-c5cccnc5)c3c3c2-c2c(cc5c6cc(-c7cccc(-c8ccccc8N)c7)ccc6n(-c6cccnc6)c5c2C(C)C3C)C1C)CCC(c1ccc2[nH]c3ccccc3c2c1)=C4. The summed E-state index contributed by atoms with van der Waals surface area (Å²) in [6.45, 7) is 9.96. The minimum Gasteiger partial charge on any atom is -0.398 e. The highest BCUT2D eigenvalue weighted by atomic mass is 15.0. The van der Waals surface area contributed by atoms with E-state index >= 15 is 0 Å². The molecule has 0 aliphatic heterocycles. The number of nitrogens with two attached hydrogens (primary N) is 1. The number of pyridine rings is 2. The van der Waals surface area contributed by atoms with Gasteiger partial charge in [0, 0.05) is 72.9 Å². The monoisotopic (exact) mass is 928 g/mol. The zero-order chi connectivity index (χ0) is 48.1. The quantitative estimate of drug-likeness (QED) is 0.169. The largest absolute Gasteiger partial charge is 0.398 e. The first kappa shape index (κ1) is 41.3. The molecule has 0 radical (unpaired) electrons. The standard InChI is InChI=1S/C66H52N6/c1-36-37(2)50-33-55-53-31-43(41-20-23-58-51(29-41)48-17-6-8-19-57(48)70-58)22-25-60(53)72(46-15-11-27-69-35-46)66(55)62-39(4)38(3)61-63(64(50)62)49(36)32-54-52-30-42(21-24-59(52)71(65(54)61)45-14-10-26-68-34-45)40-12-9-13-44(28-40)47-16-5-7-18-56(47)67/h5-21,23-24,26-39,70H,22,25,67H2,1-4H3. The second kappa shape index (κ2) is 15.3. The zero-order valence-electron chi connectivity index (χ0n) is 40.8. The van der Waals surface area contributed by atoms with E-state index in [-0.39, 0.29) is 11.8 Å². The van der Waals surface area contributed by atoms with E-state index in [0.717, 1.165) is 41.0 Å². The van der Waals surface area contributed by atoms with Gasteiger partial charge in [-0.15, -0.1) is 0 Å². The Hall–Kier alpha value is -8.48. The molecule has 0 spiro atoms. The summed E-state index contributed by atoms with van der Waals surface area (Å²) in [6.07, 6.45) is 12.3. The van der Waals surface area contributed by atoms with E-state index in [9.17, 15) is 0 Å². The number of rotatable bonds is 5. The molecule has 3 aliphatic carbocycles. The Balaban J connectivity index is 0.995. The maximum absolute atomic E-state index is 6.51. The van der Waals surface area contributed by atoms with Gasteiger partial charge in [-0.2, -0.15) is 0 Å². The van der Waals surface area contributed by atoms with Crippen molar-refractivity contribution in [3.05, 3.63) is 209 Å². The van der Waals surface area contributed by atoms with Gasteiger partial charge in [-0.05, 0) is 183 Å². The van der Waals surface area contributed by atoms with Crippen molar-refractivity contribution in [1.82, 2.24) is 24.1 Å². The molecule has 6 nitrogen and oxygen atoms in total. The van der Waals surface area contributed by atoms with Crippen molar-refractivity contribution in [2.75, 3.05) is 5.73 Å². The van der Waals surface area contributed by atoms with E-state index in [1.165, 1.54) is 121 Å². The van der Waals surface area contributed by atoms with Gasteiger partial charge in [-0.3, -0.25) is 9.97 Å². The van der Waals surface area contributed by atoms with Crippen molar-refractivity contribution in [3.63, 3.8) is 0 Å². The third-order valence-electron chi connectivity index (χ3n) is 17.3. The molecular formula is C66H52N6. The Morgan fingerprint density at radius 1 is 0.500 bits per heavy atom. The molecule has 4 atom stereocenters. The Morgan fingerprint density at radius 2 is 1.14 bits per heavy atom. The summed E-state index contributed by atoms with van der Waals surface area (Å²) >= 11 is 0. The van der Waals surface area contributed by atoms with Crippen LogP contribution in [0.15, 0.2) is 170 Å². The highest BCUT2D eigenvalue weighted by Crippen LogP contribution is 2.62. The summed E-state index contributed by atoms with van der Waals surface area (Å²) in [4.78, 5) is 13.1. The minimum atomic E-state index is 0.199. The van der Waals surface area contributed by atoms with E-state index in [1.54, 1.807) is 0 Å². The molecule has 4 unspecified atom stereocenters. The lowest BCUT2D eigenvalue weighted by Gasteiger charge is -2.42. The Kier molecular flexibility index (Phi) is 8.76. The van der Waals surface area contributed by atoms with Crippen molar-refractivity contribution in [2.24, 2.45) is 0 Å². The van der Waals surface area contributed by atoms with Gasteiger partial charge >= 0.3 is 0 Å². The molecule has 0 fully saturated rings. The zero-order valence-corrected chi connectivity index (χ0v) is 40.8. The van der Waals surface area contributed by atoms with Crippen LogP contribution in [0, 0.1) is 0 Å². The highest BCUT2D eigenvalue weighted by Gasteiger charge is 2.43. The number of aromatic nitrogens is 5. The van der Waals surface area contributed by atoms with Gasteiger partial charge in [-0.1, -0.05) is 94.4 Å². The number of allylic oxidation sites excluding steroid dienone is 1. The number of hydrogen-bond donors (Lipinski definition) is 2. The Bertz CT molecular complexity index is 4300. The number of para-hydroxylation sites is 2. The molecular weight excluding hydrogens is 877 g/mol. The summed E-state index contributed by atoms with van der Waals surface area (Å²) in [5.41, 5.74) is 34.3. The van der Waals surface area contributed by atoms with E-state index < -0.39 is 0 Å². The van der Waals surface area contributed by atoms with Crippen molar-refractivity contribution in [1.29, 1.82) is 0 Å². The average Bonchev–Trinajstić information content (AvgIpc) is 4.08.